The van der Waals surface area contributed by atoms with Gasteiger partial charge in [-0.05, 0) is 48.7 Å². The van der Waals surface area contributed by atoms with Crippen LogP contribution in [0.25, 0.3) is 0 Å². The van der Waals surface area contributed by atoms with E-state index in [4.69, 9.17) is 17.3 Å². The number of rotatable bonds is 5. The van der Waals surface area contributed by atoms with Gasteiger partial charge in [-0.15, -0.1) is 0 Å². The lowest BCUT2D eigenvalue weighted by atomic mass is 10.1. The Morgan fingerprint density at radius 1 is 1.19 bits per heavy atom. The molecule has 0 fully saturated rings. The van der Waals surface area contributed by atoms with Gasteiger partial charge in [0.05, 0.1) is 4.90 Å². The maximum Gasteiger partial charge on any atom is 0.137 e. The monoisotopic (exact) mass is 327 g/mol. The summed E-state index contributed by atoms with van der Waals surface area (Å²) in [5.41, 5.74) is 6.88. The van der Waals surface area contributed by atoms with Gasteiger partial charge in [0.15, 0.2) is 0 Å². The third-order valence-corrected chi connectivity index (χ3v) is 4.53. The number of hydrogen-bond donors (Lipinski definition) is 1. The van der Waals surface area contributed by atoms with Crippen LogP contribution < -0.4 is 5.73 Å². The number of benzene rings is 2. The van der Waals surface area contributed by atoms with Gasteiger partial charge in [-0.25, -0.2) is 8.78 Å². The molecule has 0 aliphatic heterocycles. The normalized spacial score (nSPS) is 12.4. The zero-order chi connectivity index (χ0) is 15.4. The molecule has 21 heavy (non-hydrogen) atoms. The Labute approximate surface area is 132 Å². The summed E-state index contributed by atoms with van der Waals surface area (Å²) in [5, 5.41) is 0.598. The smallest absolute Gasteiger partial charge is 0.137 e. The van der Waals surface area contributed by atoms with Crippen LogP contribution in [0.4, 0.5) is 8.78 Å². The second-order valence-corrected chi connectivity index (χ2v) is 6.33. The van der Waals surface area contributed by atoms with Gasteiger partial charge in [-0.2, -0.15) is 0 Å². The summed E-state index contributed by atoms with van der Waals surface area (Å²) in [7, 11) is 0. The van der Waals surface area contributed by atoms with E-state index in [2.05, 4.69) is 0 Å². The third kappa shape index (κ3) is 4.43. The molecule has 0 heterocycles. The van der Waals surface area contributed by atoms with Crippen molar-refractivity contribution in [1.82, 2.24) is 0 Å². The van der Waals surface area contributed by atoms with E-state index in [9.17, 15) is 8.78 Å². The molecule has 0 saturated heterocycles. The fourth-order valence-electron chi connectivity index (χ4n) is 1.87. The fraction of sp³-hybridized carbons (Fsp3) is 0.250. The topological polar surface area (TPSA) is 26.0 Å². The van der Waals surface area contributed by atoms with Crippen LogP contribution in [0.1, 0.15) is 18.9 Å². The minimum atomic E-state index is -0.462. The zero-order valence-electron chi connectivity index (χ0n) is 11.6. The Morgan fingerprint density at radius 2 is 1.95 bits per heavy atom. The van der Waals surface area contributed by atoms with E-state index in [0.717, 1.165) is 40.8 Å². The highest BCUT2D eigenvalue weighted by Crippen LogP contribution is 2.33. The van der Waals surface area contributed by atoms with Crippen molar-refractivity contribution in [2.45, 2.75) is 35.6 Å². The first kappa shape index (κ1) is 16.3. The predicted molar refractivity (Wildman–Crippen MR) is 83.9 cm³/mol. The fourth-order valence-corrected chi connectivity index (χ4v) is 3.09. The van der Waals surface area contributed by atoms with E-state index in [1.165, 1.54) is 6.07 Å². The summed E-state index contributed by atoms with van der Waals surface area (Å²) in [4.78, 5) is 1.00. The van der Waals surface area contributed by atoms with Gasteiger partial charge < -0.3 is 5.73 Å². The van der Waals surface area contributed by atoms with Gasteiger partial charge in [-0.1, -0.05) is 36.4 Å². The van der Waals surface area contributed by atoms with Crippen LogP contribution in [-0.4, -0.2) is 6.04 Å². The largest absolute Gasteiger partial charge is 0.327 e. The molecule has 1 unspecified atom stereocenters. The Balaban J connectivity index is 2.18. The predicted octanol–water partition coefficient (Wildman–Crippen LogP) is 5.05. The summed E-state index contributed by atoms with van der Waals surface area (Å²) < 4.78 is 26.8. The molecule has 2 rings (SSSR count). The summed E-state index contributed by atoms with van der Waals surface area (Å²) in [5.74, 6) is -0.912. The van der Waals surface area contributed by atoms with Gasteiger partial charge in [-0.3, -0.25) is 0 Å². The van der Waals surface area contributed by atoms with E-state index in [0.29, 0.717) is 11.4 Å². The Kier molecular flexibility index (Phi) is 5.62. The molecule has 2 aromatic carbocycles. The van der Waals surface area contributed by atoms with Gasteiger partial charge in [0.1, 0.15) is 11.6 Å². The van der Waals surface area contributed by atoms with Gasteiger partial charge in [0.25, 0.3) is 0 Å². The molecule has 0 spiro atoms. The molecule has 1 atom stereocenters. The number of hydrogen-bond acceptors (Lipinski definition) is 2. The van der Waals surface area contributed by atoms with E-state index < -0.39 is 11.6 Å². The molecular weight excluding hydrogens is 312 g/mol. The standard InChI is InChI=1S/C16H16ClF2NS/c1-2-12(20)7-10-3-5-13(9-14(10)17)21-16-8-11(18)4-6-15(16)19/h3-6,8-9,12H,2,7,20H2,1H3. The van der Waals surface area contributed by atoms with Gasteiger partial charge >= 0.3 is 0 Å². The van der Waals surface area contributed by atoms with Crippen molar-refractivity contribution in [2.24, 2.45) is 5.73 Å². The first-order valence-electron chi connectivity index (χ1n) is 6.66. The molecule has 0 amide bonds. The first-order chi connectivity index (χ1) is 9.99. The maximum atomic E-state index is 13.6. The summed E-state index contributed by atoms with van der Waals surface area (Å²) in [6.45, 7) is 2.02. The zero-order valence-corrected chi connectivity index (χ0v) is 13.1. The van der Waals surface area contributed by atoms with Crippen LogP contribution in [-0.2, 0) is 6.42 Å². The lowest BCUT2D eigenvalue weighted by Crippen LogP contribution is -2.21. The SMILES string of the molecule is CCC(N)Cc1ccc(Sc2cc(F)ccc2F)cc1Cl. The highest BCUT2D eigenvalue weighted by molar-refractivity contribution is 7.99. The molecular formula is C16H16ClF2NS. The average Bonchev–Trinajstić information content (AvgIpc) is 2.45. The molecule has 0 radical (unpaired) electrons. The van der Waals surface area contributed by atoms with Crippen LogP contribution in [0, 0.1) is 11.6 Å². The van der Waals surface area contributed by atoms with Crippen molar-refractivity contribution in [3.05, 3.63) is 58.6 Å². The minimum Gasteiger partial charge on any atom is -0.327 e. The molecule has 5 heteroatoms. The number of halogens is 3. The van der Waals surface area contributed by atoms with E-state index in [1.54, 1.807) is 6.07 Å². The average molecular weight is 328 g/mol. The lowest BCUT2D eigenvalue weighted by molar-refractivity contribution is 0.577. The molecule has 112 valence electrons. The molecule has 0 bridgehead atoms. The second kappa shape index (κ2) is 7.25. The van der Waals surface area contributed by atoms with Crippen LogP contribution >= 0.6 is 23.4 Å². The summed E-state index contributed by atoms with van der Waals surface area (Å²) in [6, 6.07) is 8.95. The van der Waals surface area contributed by atoms with Crippen molar-refractivity contribution in [3.63, 3.8) is 0 Å². The lowest BCUT2D eigenvalue weighted by Gasteiger charge is -2.11. The highest BCUT2D eigenvalue weighted by Gasteiger charge is 2.09. The van der Waals surface area contributed by atoms with Gasteiger partial charge in [0.2, 0.25) is 0 Å². The highest BCUT2D eigenvalue weighted by atomic mass is 35.5. The van der Waals surface area contributed by atoms with Crippen LogP contribution in [0.5, 0.6) is 0 Å². The third-order valence-electron chi connectivity index (χ3n) is 3.15. The summed E-state index contributed by atoms with van der Waals surface area (Å²) >= 11 is 7.38. The molecule has 2 aromatic rings. The Hall–Kier alpha value is -1.10. The molecule has 0 aliphatic rings. The van der Waals surface area contributed by atoms with Crippen LogP contribution in [0.15, 0.2) is 46.2 Å². The van der Waals surface area contributed by atoms with Crippen molar-refractivity contribution in [2.75, 3.05) is 0 Å². The van der Waals surface area contributed by atoms with Crippen molar-refractivity contribution >= 4 is 23.4 Å². The molecule has 0 aliphatic carbocycles. The molecule has 1 nitrogen and oxygen atoms in total. The van der Waals surface area contributed by atoms with Crippen molar-refractivity contribution in [3.8, 4) is 0 Å². The quantitative estimate of drug-likeness (QED) is 0.831. The minimum absolute atomic E-state index is 0.0710. The Morgan fingerprint density at radius 3 is 2.62 bits per heavy atom. The Bertz CT molecular complexity index is 634. The van der Waals surface area contributed by atoms with E-state index in [-0.39, 0.29) is 10.9 Å². The van der Waals surface area contributed by atoms with Crippen LogP contribution in [0.2, 0.25) is 5.02 Å². The van der Waals surface area contributed by atoms with Crippen LogP contribution in [0.3, 0.4) is 0 Å². The molecule has 0 aromatic heterocycles. The van der Waals surface area contributed by atoms with Crippen molar-refractivity contribution in [1.29, 1.82) is 0 Å². The second-order valence-electron chi connectivity index (χ2n) is 4.80. The molecule has 0 saturated carbocycles. The maximum absolute atomic E-state index is 13.6. The van der Waals surface area contributed by atoms with Gasteiger partial charge in [0, 0.05) is 16.0 Å². The van der Waals surface area contributed by atoms with E-state index in [1.807, 2.05) is 19.1 Å². The van der Waals surface area contributed by atoms with Crippen molar-refractivity contribution < 1.29 is 8.78 Å². The number of nitrogens with two attached hydrogens (primary N) is 1. The molecule has 2 N–H and O–H groups in total. The summed E-state index contributed by atoms with van der Waals surface area (Å²) in [6.07, 6.45) is 1.58. The van der Waals surface area contributed by atoms with E-state index >= 15 is 0 Å². The first-order valence-corrected chi connectivity index (χ1v) is 7.86.